The number of hydrogen-bond donors (Lipinski definition) is 1. The normalized spacial score (nSPS) is 20.3. The zero-order valence-electron chi connectivity index (χ0n) is 17.0. The number of rotatable bonds is 5. The van der Waals surface area contributed by atoms with Crippen LogP contribution >= 0.6 is 0 Å². The first-order valence-electron chi connectivity index (χ1n) is 9.48. The van der Waals surface area contributed by atoms with Crippen LogP contribution in [0.5, 0.6) is 5.75 Å². The van der Waals surface area contributed by atoms with Gasteiger partial charge in [0.25, 0.3) is 16.1 Å². The number of nitrogens with zero attached hydrogens (tertiary/aromatic N) is 4. The molecule has 2 saturated heterocycles. The molecular formula is C17H27N5O6S2. The van der Waals surface area contributed by atoms with E-state index in [4.69, 9.17) is 9.88 Å². The van der Waals surface area contributed by atoms with Crippen molar-refractivity contribution in [2.45, 2.75) is 4.90 Å². The van der Waals surface area contributed by atoms with Gasteiger partial charge >= 0.3 is 0 Å². The molecule has 2 fully saturated rings. The van der Waals surface area contributed by atoms with Crippen LogP contribution in [-0.4, -0.2) is 108 Å². The molecule has 1 aromatic rings. The van der Waals surface area contributed by atoms with E-state index < -0.39 is 26.1 Å². The van der Waals surface area contributed by atoms with Gasteiger partial charge in [0.05, 0.1) is 17.6 Å². The van der Waals surface area contributed by atoms with E-state index in [1.54, 1.807) is 0 Å². The number of amides is 1. The molecule has 2 aliphatic rings. The highest BCUT2D eigenvalue weighted by Gasteiger charge is 2.35. The molecule has 168 valence electrons. The zero-order chi connectivity index (χ0) is 22.1. The van der Waals surface area contributed by atoms with E-state index in [0.29, 0.717) is 26.2 Å². The predicted molar refractivity (Wildman–Crippen MR) is 110 cm³/mol. The van der Waals surface area contributed by atoms with Crippen molar-refractivity contribution in [3.05, 3.63) is 23.8 Å². The molecule has 0 radical (unpaired) electrons. The van der Waals surface area contributed by atoms with Gasteiger partial charge in [0, 0.05) is 52.4 Å². The maximum atomic E-state index is 13.0. The Morgan fingerprint density at radius 3 is 1.97 bits per heavy atom. The second kappa shape index (κ2) is 8.77. The molecule has 13 heteroatoms. The Hall–Kier alpha value is -1.77. The first-order valence-corrected chi connectivity index (χ1v) is 12.4. The van der Waals surface area contributed by atoms with Crippen molar-refractivity contribution in [3.63, 3.8) is 0 Å². The van der Waals surface area contributed by atoms with E-state index in [-0.39, 0.29) is 42.4 Å². The van der Waals surface area contributed by atoms with E-state index in [2.05, 4.69) is 4.90 Å². The second-order valence-electron chi connectivity index (χ2n) is 7.31. The molecular weight excluding hydrogens is 434 g/mol. The number of piperazine rings is 2. The smallest absolute Gasteiger partial charge is 0.282 e. The number of carbonyl (C=O) groups excluding carboxylic acids is 1. The summed E-state index contributed by atoms with van der Waals surface area (Å²) in [5.74, 6) is -0.214. The van der Waals surface area contributed by atoms with Crippen molar-refractivity contribution in [2.75, 3.05) is 66.5 Å². The molecule has 2 heterocycles. The largest absolute Gasteiger partial charge is 0.496 e. The Morgan fingerprint density at radius 2 is 1.47 bits per heavy atom. The van der Waals surface area contributed by atoms with Gasteiger partial charge in [0.1, 0.15) is 5.75 Å². The van der Waals surface area contributed by atoms with Crippen molar-refractivity contribution in [2.24, 2.45) is 5.14 Å². The van der Waals surface area contributed by atoms with Gasteiger partial charge < -0.3 is 14.5 Å². The summed E-state index contributed by atoms with van der Waals surface area (Å²) in [6.07, 6.45) is 0. The van der Waals surface area contributed by atoms with Crippen LogP contribution in [0.15, 0.2) is 23.1 Å². The van der Waals surface area contributed by atoms with Crippen LogP contribution in [0.25, 0.3) is 0 Å². The number of benzene rings is 1. The van der Waals surface area contributed by atoms with Crippen LogP contribution in [0.4, 0.5) is 0 Å². The maximum Gasteiger partial charge on any atom is 0.282 e. The minimum absolute atomic E-state index is 0.0689. The van der Waals surface area contributed by atoms with Gasteiger partial charge in [-0.1, -0.05) is 0 Å². The quantitative estimate of drug-likeness (QED) is 0.570. The summed E-state index contributed by atoms with van der Waals surface area (Å²) in [5, 5.41) is 5.17. The lowest BCUT2D eigenvalue weighted by molar-refractivity contribution is 0.0688. The van der Waals surface area contributed by atoms with Crippen molar-refractivity contribution in [1.29, 1.82) is 0 Å². The minimum Gasteiger partial charge on any atom is -0.496 e. The van der Waals surface area contributed by atoms with Crippen LogP contribution in [0.2, 0.25) is 0 Å². The Labute approximate surface area is 177 Å². The van der Waals surface area contributed by atoms with Crippen LogP contribution < -0.4 is 9.88 Å². The fraction of sp³-hybridized carbons (Fsp3) is 0.588. The molecule has 2 N–H and O–H groups in total. The zero-order valence-corrected chi connectivity index (χ0v) is 18.7. The van der Waals surface area contributed by atoms with Crippen LogP contribution in [-0.2, 0) is 20.2 Å². The number of hydrogen-bond acceptors (Lipinski definition) is 7. The van der Waals surface area contributed by atoms with Crippen molar-refractivity contribution >= 4 is 26.1 Å². The first kappa shape index (κ1) is 22.9. The summed E-state index contributed by atoms with van der Waals surface area (Å²) in [7, 11) is -4.23. The summed E-state index contributed by atoms with van der Waals surface area (Å²) in [4.78, 5) is 16.3. The van der Waals surface area contributed by atoms with Gasteiger partial charge in [0.15, 0.2) is 0 Å². The number of methoxy groups -OCH3 is 1. The van der Waals surface area contributed by atoms with Crippen molar-refractivity contribution < 1.29 is 26.4 Å². The molecule has 0 spiro atoms. The standard InChI is InChI=1S/C17H27N5O6S2/c1-19-5-9-21(10-6-19)30(26,27)22-11-7-20(8-12-22)17(23)15-13-14(29(18,24)25)3-4-16(15)28-2/h3-4,13H,5-12H2,1-2H3,(H2,18,24,25). The molecule has 0 saturated carbocycles. The summed E-state index contributed by atoms with van der Waals surface area (Å²) in [6, 6.07) is 3.83. The maximum absolute atomic E-state index is 13.0. The Bertz CT molecular complexity index is 997. The summed E-state index contributed by atoms with van der Waals surface area (Å²) in [6.45, 7) is 2.94. The van der Waals surface area contributed by atoms with Gasteiger partial charge in [-0.05, 0) is 25.2 Å². The van der Waals surface area contributed by atoms with Crippen molar-refractivity contribution in [1.82, 2.24) is 18.4 Å². The molecule has 0 atom stereocenters. The lowest BCUT2D eigenvalue weighted by atomic mass is 10.1. The van der Waals surface area contributed by atoms with E-state index in [1.165, 1.54) is 38.8 Å². The molecule has 11 nitrogen and oxygen atoms in total. The van der Waals surface area contributed by atoms with E-state index in [0.717, 1.165) is 0 Å². The summed E-state index contributed by atoms with van der Waals surface area (Å²) >= 11 is 0. The number of likely N-dealkylation sites (N-methyl/N-ethyl adjacent to an activating group) is 1. The third-order valence-corrected chi connectivity index (χ3v) is 8.32. The molecule has 30 heavy (non-hydrogen) atoms. The fourth-order valence-corrected chi connectivity index (χ4v) is 5.62. The summed E-state index contributed by atoms with van der Waals surface area (Å²) < 4.78 is 57.1. The first-order chi connectivity index (χ1) is 14.0. The lowest BCUT2D eigenvalue weighted by Gasteiger charge is -2.39. The topological polar surface area (TPSA) is 134 Å². The van der Waals surface area contributed by atoms with Crippen LogP contribution in [0.3, 0.4) is 0 Å². The van der Waals surface area contributed by atoms with E-state index in [1.807, 2.05) is 7.05 Å². The third-order valence-electron chi connectivity index (χ3n) is 5.37. The Morgan fingerprint density at radius 1 is 0.933 bits per heavy atom. The number of ether oxygens (including phenoxy) is 1. The molecule has 1 aromatic carbocycles. The fourth-order valence-electron chi connectivity index (χ4n) is 3.51. The highest BCUT2D eigenvalue weighted by molar-refractivity contribution is 7.89. The Balaban J connectivity index is 1.71. The average molecular weight is 462 g/mol. The predicted octanol–water partition coefficient (Wildman–Crippen LogP) is -1.41. The lowest BCUT2D eigenvalue weighted by Crippen LogP contribution is -2.57. The molecule has 0 aliphatic carbocycles. The number of primary sulfonamides is 1. The molecule has 0 aromatic heterocycles. The molecule has 0 bridgehead atoms. The SMILES string of the molecule is COc1ccc(S(N)(=O)=O)cc1C(=O)N1CCN(S(=O)(=O)N2CCN(C)CC2)CC1. The molecule has 2 aliphatic heterocycles. The molecule has 1 amide bonds. The van der Waals surface area contributed by atoms with Gasteiger partial charge in [0.2, 0.25) is 10.0 Å². The highest BCUT2D eigenvalue weighted by atomic mass is 32.2. The minimum atomic E-state index is -3.98. The van der Waals surface area contributed by atoms with Crippen LogP contribution in [0, 0.1) is 0 Å². The van der Waals surface area contributed by atoms with Gasteiger partial charge in [-0.3, -0.25) is 4.79 Å². The molecule has 3 rings (SSSR count). The number of carbonyl (C=O) groups is 1. The molecule has 0 unspecified atom stereocenters. The van der Waals surface area contributed by atoms with E-state index >= 15 is 0 Å². The van der Waals surface area contributed by atoms with Gasteiger partial charge in [-0.25, -0.2) is 13.6 Å². The third kappa shape index (κ3) is 4.76. The van der Waals surface area contributed by atoms with Gasteiger partial charge in [-0.2, -0.15) is 17.0 Å². The van der Waals surface area contributed by atoms with Crippen LogP contribution in [0.1, 0.15) is 10.4 Å². The summed E-state index contributed by atoms with van der Waals surface area (Å²) in [5.41, 5.74) is 0.0689. The van der Waals surface area contributed by atoms with Gasteiger partial charge in [-0.15, -0.1) is 0 Å². The Kier molecular flexibility index (Phi) is 6.69. The number of nitrogens with two attached hydrogens (primary N) is 1. The number of sulfonamides is 1. The van der Waals surface area contributed by atoms with Crippen molar-refractivity contribution in [3.8, 4) is 5.75 Å². The highest BCUT2D eigenvalue weighted by Crippen LogP contribution is 2.24. The monoisotopic (exact) mass is 461 g/mol. The van der Waals surface area contributed by atoms with E-state index in [9.17, 15) is 21.6 Å². The average Bonchev–Trinajstić information content (AvgIpc) is 2.72. The second-order valence-corrected chi connectivity index (χ2v) is 10.8.